The monoisotopic (exact) mass is 539 g/mol. The Hall–Kier alpha value is -4.41. The van der Waals surface area contributed by atoms with E-state index in [0.29, 0.717) is 36.7 Å². The van der Waals surface area contributed by atoms with Crippen LogP contribution in [0.25, 0.3) is 10.9 Å². The van der Waals surface area contributed by atoms with Gasteiger partial charge in [-0.25, -0.2) is 14.6 Å². The molecule has 1 amide bonds. The number of nitrogens with zero attached hydrogens (tertiary/aromatic N) is 2. The first kappa shape index (κ1) is 30.6. The maximum Gasteiger partial charge on any atom is 0.490 e. The van der Waals surface area contributed by atoms with E-state index in [1.807, 2.05) is 18.2 Å². The minimum atomic E-state index is -5.08. The average Bonchev–Trinajstić information content (AvgIpc) is 3.27. The number of pyridine rings is 1. The van der Waals surface area contributed by atoms with E-state index in [-0.39, 0.29) is 5.91 Å². The molecule has 0 aliphatic heterocycles. The Morgan fingerprint density at radius 1 is 1.03 bits per heavy atom. The second kappa shape index (κ2) is 13.6. The van der Waals surface area contributed by atoms with Crippen molar-refractivity contribution in [3.63, 3.8) is 0 Å². The third-order valence-corrected chi connectivity index (χ3v) is 3.79. The van der Waals surface area contributed by atoms with Crippen molar-refractivity contribution in [3.8, 4) is 5.88 Å². The van der Waals surface area contributed by atoms with E-state index >= 15 is 0 Å². The number of aromatic nitrogens is 3. The number of amides is 1. The van der Waals surface area contributed by atoms with Crippen molar-refractivity contribution in [2.24, 2.45) is 5.73 Å². The number of H-pyrrole nitrogens is 1. The van der Waals surface area contributed by atoms with Crippen molar-refractivity contribution in [2.45, 2.75) is 18.8 Å². The molecule has 37 heavy (non-hydrogen) atoms. The van der Waals surface area contributed by atoms with Gasteiger partial charge in [0.05, 0.1) is 18.3 Å². The summed E-state index contributed by atoms with van der Waals surface area (Å²) in [5.74, 6) is -5.48. The number of carbonyl (C=O) groups is 3. The minimum absolute atomic E-state index is 0.274. The van der Waals surface area contributed by atoms with Gasteiger partial charge in [-0.15, -0.1) is 0 Å². The molecule has 0 spiro atoms. The predicted octanol–water partition coefficient (Wildman–Crippen LogP) is 3.20. The molecule has 1 aromatic carbocycles. The van der Waals surface area contributed by atoms with Gasteiger partial charge < -0.3 is 26.0 Å². The molecule has 0 radical (unpaired) electrons. The second-order valence-corrected chi connectivity index (χ2v) is 6.58. The fourth-order valence-electron chi connectivity index (χ4n) is 2.15. The lowest BCUT2D eigenvalue weighted by atomic mass is 10.2. The van der Waals surface area contributed by atoms with Crippen LogP contribution in [0.3, 0.4) is 0 Å². The molecule has 11 nitrogen and oxygen atoms in total. The number of nitrogens with one attached hydrogen (secondary N) is 2. The van der Waals surface area contributed by atoms with E-state index in [2.05, 4.69) is 20.5 Å². The summed E-state index contributed by atoms with van der Waals surface area (Å²) in [6.07, 6.45) is -6.17. The molecule has 17 heteroatoms. The van der Waals surface area contributed by atoms with Crippen LogP contribution in [-0.2, 0) is 9.59 Å². The van der Waals surface area contributed by atoms with Gasteiger partial charge in [-0.1, -0.05) is 0 Å². The Labute approximate surface area is 203 Å². The lowest BCUT2D eigenvalue weighted by molar-refractivity contribution is -0.193. The number of hydrogen-bond donors (Lipinski definition) is 5. The second-order valence-electron chi connectivity index (χ2n) is 6.58. The lowest BCUT2D eigenvalue weighted by Crippen LogP contribution is -2.21. The maximum absolute atomic E-state index is 12.5. The number of halogens is 6. The Bertz CT molecular complexity index is 1170. The van der Waals surface area contributed by atoms with Crippen molar-refractivity contribution in [1.29, 1.82) is 0 Å². The number of anilines is 1. The van der Waals surface area contributed by atoms with Crippen LogP contribution >= 0.6 is 0 Å². The quantitative estimate of drug-likeness (QED) is 0.232. The zero-order chi connectivity index (χ0) is 28.2. The number of hydrogen-bond acceptors (Lipinski definition) is 7. The van der Waals surface area contributed by atoms with Crippen molar-refractivity contribution >= 4 is 34.4 Å². The van der Waals surface area contributed by atoms with Gasteiger partial charge in [0.1, 0.15) is 5.56 Å². The molecule has 6 N–H and O–H groups in total. The first-order valence-corrected chi connectivity index (χ1v) is 9.79. The number of fused-ring (bicyclic) bond motifs is 1. The third kappa shape index (κ3) is 10.8. The van der Waals surface area contributed by atoms with Gasteiger partial charge in [0, 0.05) is 17.3 Å². The number of rotatable bonds is 6. The number of benzene rings is 1. The van der Waals surface area contributed by atoms with E-state index in [4.69, 9.17) is 30.3 Å². The van der Waals surface area contributed by atoms with E-state index in [0.717, 1.165) is 10.9 Å². The zero-order valence-electron chi connectivity index (χ0n) is 18.4. The molecule has 3 rings (SSSR count). The Balaban J connectivity index is 0.000000404. The number of nitrogens with two attached hydrogens (primary N) is 1. The van der Waals surface area contributed by atoms with Crippen LogP contribution in [0.2, 0.25) is 0 Å². The van der Waals surface area contributed by atoms with Crippen molar-refractivity contribution < 1.29 is 55.7 Å². The normalized spacial score (nSPS) is 10.9. The summed E-state index contributed by atoms with van der Waals surface area (Å²) in [5, 5.41) is 24.8. The van der Waals surface area contributed by atoms with Crippen molar-refractivity contribution in [2.75, 3.05) is 18.5 Å². The fourth-order valence-corrected chi connectivity index (χ4v) is 2.15. The highest BCUT2D eigenvalue weighted by Crippen LogP contribution is 2.20. The molecule has 0 saturated heterocycles. The lowest BCUT2D eigenvalue weighted by Gasteiger charge is -2.10. The summed E-state index contributed by atoms with van der Waals surface area (Å²) in [6, 6.07) is 8.89. The average molecular weight is 539 g/mol. The smallest absolute Gasteiger partial charge is 0.477 e. The molecule has 0 atom stereocenters. The Morgan fingerprint density at radius 2 is 1.62 bits per heavy atom. The standard InChI is InChI=1S/C16H17N5O2.2C2HF3O2/c17-6-2-8-23-16-13(3-1-7-18-16)15(22)20-12-4-5-14-11(9-12)10-19-21-14;2*3-2(4,5)1(6)7/h1,3-5,7,9-10H,2,6,8,17H2,(H,19,21)(H,20,22);2*(H,6,7). The topological polar surface area (TPSA) is 181 Å². The third-order valence-electron chi connectivity index (χ3n) is 3.79. The highest BCUT2D eigenvalue weighted by molar-refractivity contribution is 6.06. The van der Waals surface area contributed by atoms with Gasteiger partial charge in [-0.2, -0.15) is 31.4 Å². The van der Waals surface area contributed by atoms with Gasteiger partial charge in [0.25, 0.3) is 5.91 Å². The predicted molar refractivity (Wildman–Crippen MR) is 115 cm³/mol. The van der Waals surface area contributed by atoms with Crippen LogP contribution in [0.15, 0.2) is 42.7 Å². The molecule has 202 valence electrons. The van der Waals surface area contributed by atoms with Gasteiger partial charge in [0.2, 0.25) is 5.88 Å². The molecule has 3 aromatic rings. The van der Waals surface area contributed by atoms with Gasteiger partial charge in [0.15, 0.2) is 0 Å². The summed E-state index contributed by atoms with van der Waals surface area (Å²) in [4.78, 5) is 34.4. The van der Waals surface area contributed by atoms with Crippen LogP contribution in [-0.4, -0.2) is 68.7 Å². The molecular weight excluding hydrogens is 520 g/mol. The number of aromatic amines is 1. The fraction of sp³-hybridized carbons (Fsp3) is 0.250. The first-order valence-electron chi connectivity index (χ1n) is 9.79. The SMILES string of the molecule is NCCCOc1ncccc1C(=O)Nc1ccc2[nH]ncc2c1.O=C(O)C(F)(F)F.O=C(O)C(F)(F)F. The van der Waals surface area contributed by atoms with E-state index in [1.54, 1.807) is 24.5 Å². The van der Waals surface area contributed by atoms with Crippen LogP contribution in [0.4, 0.5) is 32.0 Å². The number of carboxylic acids is 2. The van der Waals surface area contributed by atoms with Gasteiger partial charge in [-0.05, 0) is 43.3 Å². The summed E-state index contributed by atoms with van der Waals surface area (Å²) >= 11 is 0. The van der Waals surface area contributed by atoms with Gasteiger partial charge >= 0.3 is 24.3 Å². The van der Waals surface area contributed by atoms with Crippen LogP contribution in [0.1, 0.15) is 16.8 Å². The molecule has 0 aliphatic carbocycles. The van der Waals surface area contributed by atoms with Crippen LogP contribution in [0.5, 0.6) is 5.88 Å². The summed E-state index contributed by atoms with van der Waals surface area (Å²) in [5.41, 5.74) is 7.42. The number of aliphatic carboxylic acids is 2. The van der Waals surface area contributed by atoms with Crippen LogP contribution < -0.4 is 15.8 Å². The highest BCUT2D eigenvalue weighted by Gasteiger charge is 2.38. The minimum Gasteiger partial charge on any atom is -0.477 e. The summed E-state index contributed by atoms with van der Waals surface area (Å²) < 4.78 is 69.0. The molecule has 0 fully saturated rings. The van der Waals surface area contributed by atoms with E-state index in [1.165, 1.54) is 0 Å². The zero-order valence-corrected chi connectivity index (χ0v) is 18.4. The number of ether oxygens (including phenoxy) is 1. The molecular formula is C20H19F6N5O6. The van der Waals surface area contributed by atoms with Crippen molar-refractivity contribution in [3.05, 3.63) is 48.3 Å². The largest absolute Gasteiger partial charge is 0.490 e. The highest BCUT2D eigenvalue weighted by atomic mass is 19.4. The number of carboxylic acid groups (broad SMARTS) is 2. The molecule has 2 aromatic heterocycles. The molecule has 0 aliphatic rings. The first-order chi connectivity index (χ1) is 17.2. The van der Waals surface area contributed by atoms with Gasteiger partial charge in [-0.3, -0.25) is 9.89 Å². The number of carbonyl (C=O) groups excluding carboxylic acids is 1. The molecule has 2 heterocycles. The molecule has 0 saturated carbocycles. The Morgan fingerprint density at radius 3 is 2.16 bits per heavy atom. The van der Waals surface area contributed by atoms with E-state index in [9.17, 15) is 31.1 Å². The molecule has 0 unspecified atom stereocenters. The van der Waals surface area contributed by atoms with Crippen molar-refractivity contribution in [1.82, 2.24) is 15.2 Å². The Kier molecular flexibility index (Phi) is 11.3. The number of alkyl halides is 6. The van der Waals surface area contributed by atoms with Crippen LogP contribution in [0, 0.1) is 0 Å². The summed E-state index contributed by atoms with van der Waals surface area (Å²) in [7, 11) is 0. The summed E-state index contributed by atoms with van der Waals surface area (Å²) in [6.45, 7) is 0.952. The maximum atomic E-state index is 12.5. The van der Waals surface area contributed by atoms with E-state index < -0.39 is 24.3 Å². The molecule has 0 bridgehead atoms.